The highest BCUT2D eigenvalue weighted by molar-refractivity contribution is 5.98. The lowest BCUT2D eigenvalue weighted by Gasteiger charge is -2.04. The molecule has 0 aliphatic carbocycles. The Kier molecular flexibility index (Phi) is 4.34. The Balaban J connectivity index is 2.21. The lowest BCUT2D eigenvalue weighted by atomic mass is 10.1. The number of aromatic nitrogens is 2. The van der Waals surface area contributed by atoms with Gasteiger partial charge in [-0.15, -0.1) is 0 Å². The largest absolute Gasteiger partial charge is 0.306 e. The van der Waals surface area contributed by atoms with Gasteiger partial charge in [0, 0.05) is 12.0 Å². The average molecular weight is 267 g/mol. The van der Waals surface area contributed by atoms with Crippen LogP contribution in [0.5, 0.6) is 0 Å². The van der Waals surface area contributed by atoms with Crippen LogP contribution in [0, 0.1) is 0 Å². The van der Waals surface area contributed by atoms with Crippen LogP contribution in [0.2, 0.25) is 0 Å². The van der Waals surface area contributed by atoms with Crippen molar-refractivity contribution in [1.29, 1.82) is 0 Å². The molecule has 2 rings (SSSR count). The summed E-state index contributed by atoms with van der Waals surface area (Å²) in [6, 6.07) is 7.52. The third-order valence-corrected chi connectivity index (χ3v) is 2.63. The molecule has 1 N–H and O–H groups in total. The molecule has 0 aliphatic heterocycles. The fourth-order valence-corrected chi connectivity index (χ4v) is 1.67. The molecule has 1 amide bonds. The number of nitrogens with zero attached hydrogens (tertiary/aromatic N) is 2. The number of carbonyl (C=O) groups is 2. The van der Waals surface area contributed by atoms with Crippen molar-refractivity contribution in [2.24, 2.45) is 0 Å². The first-order chi connectivity index (χ1) is 9.72. The van der Waals surface area contributed by atoms with E-state index in [2.05, 4.69) is 21.9 Å². The fourth-order valence-electron chi connectivity index (χ4n) is 1.67. The summed E-state index contributed by atoms with van der Waals surface area (Å²) in [5, 5.41) is 2.53. The highest BCUT2D eigenvalue weighted by atomic mass is 16.1. The van der Waals surface area contributed by atoms with E-state index in [1.165, 1.54) is 12.3 Å². The van der Waals surface area contributed by atoms with E-state index >= 15 is 0 Å². The van der Waals surface area contributed by atoms with Gasteiger partial charge in [-0.2, -0.15) is 0 Å². The van der Waals surface area contributed by atoms with E-state index in [4.69, 9.17) is 0 Å². The van der Waals surface area contributed by atoms with E-state index < -0.39 is 0 Å². The molecule has 1 heterocycles. The van der Waals surface area contributed by atoms with Crippen LogP contribution in [0.15, 0.2) is 49.3 Å². The molecule has 5 nitrogen and oxygen atoms in total. The van der Waals surface area contributed by atoms with E-state index in [1.807, 2.05) is 24.3 Å². The zero-order valence-electron chi connectivity index (χ0n) is 10.7. The second kappa shape index (κ2) is 6.38. The molecular formula is C15H13N3O2. The van der Waals surface area contributed by atoms with Gasteiger partial charge >= 0.3 is 0 Å². The van der Waals surface area contributed by atoms with Gasteiger partial charge in [0.2, 0.25) is 5.91 Å². The third kappa shape index (κ3) is 3.35. The molecule has 0 fully saturated rings. The van der Waals surface area contributed by atoms with Gasteiger partial charge in [0.05, 0.1) is 18.1 Å². The van der Waals surface area contributed by atoms with Crippen molar-refractivity contribution in [2.45, 2.75) is 6.42 Å². The summed E-state index contributed by atoms with van der Waals surface area (Å²) in [6.45, 7) is 3.36. The number of hydrogen-bond acceptors (Lipinski definition) is 4. The van der Waals surface area contributed by atoms with E-state index in [0.717, 1.165) is 17.4 Å². The second-order valence-corrected chi connectivity index (χ2v) is 4.05. The topological polar surface area (TPSA) is 72.0 Å². The number of rotatable bonds is 5. The SMILES string of the molecule is C=CC(=O)Nc1cnc(-c2cccc(CC=O)c2)cn1. The number of hydrogen-bond donors (Lipinski definition) is 1. The number of aldehydes is 1. The van der Waals surface area contributed by atoms with Crippen LogP contribution in [0.3, 0.4) is 0 Å². The summed E-state index contributed by atoms with van der Waals surface area (Å²) in [5.41, 5.74) is 2.47. The number of nitrogens with one attached hydrogen (secondary N) is 1. The maximum atomic E-state index is 11.1. The van der Waals surface area contributed by atoms with Crippen LogP contribution >= 0.6 is 0 Å². The second-order valence-electron chi connectivity index (χ2n) is 4.05. The Hall–Kier alpha value is -2.82. The van der Waals surface area contributed by atoms with Crippen LogP contribution in [-0.2, 0) is 16.0 Å². The molecule has 0 saturated heterocycles. The van der Waals surface area contributed by atoms with Crippen molar-refractivity contribution in [2.75, 3.05) is 5.32 Å². The molecule has 0 bridgehead atoms. The van der Waals surface area contributed by atoms with Gasteiger partial charge < -0.3 is 10.1 Å². The standard InChI is InChI=1S/C15H13N3O2/c1-2-15(20)18-14-10-16-13(9-17-14)12-5-3-4-11(8-12)6-7-19/h2-5,7-10H,1,6H2,(H,17,18,20). The Labute approximate surface area is 116 Å². The van der Waals surface area contributed by atoms with Crippen LogP contribution in [0.25, 0.3) is 11.3 Å². The minimum atomic E-state index is -0.333. The normalized spacial score (nSPS) is 9.80. The molecule has 0 unspecified atom stereocenters. The van der Waals surface area contributed by atoms with E-state index in [1.54, 1.807) is 6.20 Å². The smallest absolute Gasteiger partial charge is 0.248 e. The molecule has 0 aliphatic rings. The van der Waals surface area contributed by atoms with Gasteiger partial charge in [0.25, 0.3) is 0 Å². The molecule has 0 atom stereocenters. The number of benzene rings is 1. The van der Waals surface area contributed by atoms with Gasteiger partial charge in [-0.25, -0.2) is 4.98 Å². The molecule has 20 heavy (non-hydrogen) atoms. The molecule has 5 heteroatoms. The average Bonchev–Trinajstić information content (AvgIpc) is 2.48. The van der Waals surface area contributed by atoms with Crippen molar-refractivity contribution in [3.8, 4) is 11.3 Å². The van der Waals surface area contributed by atoms with Gasteiger partial charge in [0.15, 0.2) is 5.82 Å². The summed E-state index contributed by atoms with van der Waals surface area (Å²) in [7, 11) is 0. The van der Waals surface area contributed by atoms with Gasteiger partial charge in [-0.1, -0.05) is 24.8 Å². The van der Waals surface area contributed by atoms with Crippen molar-refractivity contribution in [3.63, 3.8) is 0 Å². The Morgan fingerprint density at radius 1 is 1.30 bits per heavy atom. The molecule has 1 aromatic carbocycles. The lowest BCUT2D eigenvalue weighted by molar-refractivity contribution is -0.112. The van der Waals surface area contributed by atoms with Gasteiger partial charge in [0.1, 0.15) is 6.29 Å². The monoisotopic (exact) mass is 267 g/mol. The first kappa shape index (κ1) is 13.6. The van der Waals surface area contributed by atoms with Crippen LogP contribution in [0.4, 0.5) is 5.82 Å². The maximum absolute atomic E-state index is 11.1. The molecular weight excluding hydrogens is 254 g/mol. The van der Waals surface area contributed by atoms with Crippen molar-refractivity contribution in [1.82, 2.24) is 9.97 Å². The third-order valence-electron chi connectivity index (χ3n) is 2.63. The predicted molar refractivity (Wildman–Crippen MR) is 76.1 cm³/mol. The molecule has 0 radical (unpaired) electrons. The molecule has 0 spiro atoms. The molecule has 0 saturated carbocycles. The summed E-state index contributed by atoms with van der Waals surface area (Å²) in [6.07, 6.45) is 5.44. The Morgan fingerprint density at radius 2 is 2.15 bits per heavy atom. The quantitative estimate of drug-likeness (QED) is 0.664. The zero-order chi connectivity index (χ0) is 14.4. The summed E-state index contributed by atoms with van der Waals surface area (Å²) >= 11 is 0. The first-order valence-corrected chi connectivity index (χ1v) is 6.01. The minimum Gasteiger partial charge on any atom is -0.306 e. The molecule has 100 valence electrons. The van der Waals surface area contributed by atoms with Gasteiger partial charge in [-0.05, 0) is 17.7 Å². The first-order valence-electron chi connectivity index (χ1n) is 6.01. The maximum Gasteiger partial charge on any atom is 0.248 e. The van der Waals surface area contributed by atoms with Crippen LogP contribution in [0.1, 0.15) is 5.56 Å². The molecule has 2 aromatic rings. The van der Waals surface area contributed by atoms with E-state index in [-0.39, 0.29) is 5.91 Å². The number of anilines is 1. The number of carbonyl (C=O) groups excluding carboxylic acids is 2. The highest BCUT2D eigenvalue weighted by Gasteiger charge is 2.03. The van der Waals surface area contributed by atoms with Crippen molar-refractivity contribution < 1.29 is 9.59 Å². The van der Waals surface area contributed by atoms with Crippen molar-refractivity contribution in [3.05, 3.63) is 54.9 Å². The summed E-state index contributed by atoms with van der Waals surface area (Å²) in [4.78, 5) is 30.0. The zero-order valence-corrected chi connectivity index (χ0v) is 10.7. The Bertz CT molecular complexity index is 636. The Morgan fingerprint density at radius 3 is 2.80 bits per heavy atom. The van der Waals surface area contributed by atoms with Crippen LogP contribution < -0.4 is 5.32 Å². The predicted octanol–water partition coefficient (Wildman–Crippen LogP) is 2.01. The van der Waals surface area contributed by atoms with Crippen LogP contribution in [-0.4, -0.2) is 22.2 Å². The van der Waals surface area contributed by atoms with E-state index in [0.29, 0.717) is 17.9 Å². The minimum absolute atomic E-state index is 0.333. The van der Waals surface area contributed by atoms with E-state index in [9.17, 15) is 9.59 Å². The fraction of sp³-hybridized carbons (Fsp3) is 0.0667. The summed E-state index contributed by atoms with van der Waals surface area (Å²) in [5.74, 6) is 0.0303. The molecule has 1 aromatic heterocycles. The van der Waals surface area contributed by atoms with Gasteiger partial charge in [-0.3, -0.25) is 9.78 Å². The van der Waals surface area contributed by atoms with Crippen molar-refractivity contribution >= 4 is 18.0 Å². The summed E-state index contributed by atoms with van der Waals surface area (Å²) < 4.78 is 0. The number of amides is 1. The highest BCUT2D eigenvalue weighted by Crippen LogP contribution is 2.18. The lowest BCUT2D eigenvalue weighted by Crippen LogP contribution is -2.09.